The minimum absolute atomic E-state index is 0.0471. The summed E-state index contributed by atoms with van der Waals surface area (Å²) in [6.45, 7) is 1.62. The van der Waals surface area contributed by atoms with Crippen LogP contribution in [0.3, 0.4) is 0 Å². The highest BCUT2D eigenvalue weighted by Crippen LogP contribution is 2.33. The van der Waals surface area contributed by atoms with Crippen molar-refractivity contribution in [2.24, 2.45) is 10.2 Å². The molecule has 0 aliphatic carbocycles. The van der Waals surface area contributed by atoms with Crippen molar-refractivity contribution < 1.29 is 22.7 Å². The zero-order valence-electron chi connectivity index (χ0n) is 13.4. The minimum Gasteiger partial charge on any atom is -0.505 e. The Morgan fingerprint density at radius 1 is 1.23 bits per heavy atom. The Morgan fingerprint density at radius 3 is 2.65 bits per heavy atom. The lowest BCUT2D eigenvalue weighted by Gasteiger charge is -2.08. The molecule has 2 heterocycles. The van der Waals surface area contributed by atoms with Crippen molar-refractivity contribution in [2.45, 2.75) is 26.1 Å². The first-order chi connectivity index (χ1) is 12.3. The third-order valence-corrected chi connectivity index (χ3v) is 3.43. The maximum absolute atomic E-state index is 13.0. The molecule has 0 aliphatic rings. The number of para-hydroxylation sites is 1. The van der Waals surface area contributed by atoms with E-state index in [1.54, 1.807) is 19.1 Å². The van der Waals surface area contributed by atoms with Crippen LogP contribution in [0.4, 0.5) is 24.8 Å². The molecule has 0 fully saturated rings. The van der Waals surface area contributed by atoms with Gasteiger partial charge in [-0.15, -0.1) is 20.4 Å². The van der Waals surface area contributed by atoms with Gasteiger partial charge in [-0.05, 0) is 18.6 Å². The van der Waals surface area contributed by atoms with Gasteiger partial charge in [-0.2, -0.15) is 13.2 Å². The van der Waals surface area contributed by atoms with Gasteiger partial charge in [0.05, 0.1) is 5.39 Å². The largest absolute Gasteiger partial charge is 0.505 e. The second kappa shape index (κ2) is 6.58. The molecule has 0 radical (unpaired) electrons. The normalized spacial score (nSPS) is 12.3. The number of benzene rings is 1. The van der Waals surface area contributed by atoms with E-state index < -0.39 is 35.0 Å². The zero-order valence-corrected chi connectivity index (χ0v) is 13.4. The lowest BCUT2D eigenvalue weighted by atomic mass is 10.2. The average Bonchev–Trinajstić information content (AvgIpc) is 2.98. The van der Waals surface area contributed by atoms with Gasteiger partial charge in [0, 0.05) is 6.54 Å². The standard InChI is InChI=1S/C15H12F3N5O3/c1-2-7-23-13(15(16,17)18)20-22-14(23)21-19-10-11(24)8-5-3-4-6-9(8)26-12(10)25/h3-6,24H,2,7H2,1H3. The molecule has 0 unspecified atom stereocenters. The summed E-state index contributed by atoms with van der Waals surface area (Å²) < 4.78 is 44.6. The molecule has 2 aromatic heterocycles. The van der Waals surface area contributed by atoms with Crippen molar-refractivity contribution in [3.05, 3.63) is 40.5 Å². The van der Waals surface area contributed by atoms with E-state index in [1.807, 2.05) is 0 Å². The Bertz CT molecular complexity index is 1040. The molecule has 1 aromatic carbocycles. The highest BCUT2D eigenvalue weighted by atomic mass is 19.4. The third-order valence-electron chi connectivity index (χ3n) is 3.43. The van der Waals surface area contributed by atoms with Crippen molar-refractivity contribution >= 4 is 22.6 Å². The fourth-order valence-electron chi connectivity index (χ4n) is 2.31. The molecule has 0 amide bonds. The number of aromatic hydroxyl groups is 1. The van der Waals surface area contributed by atoms with E-state index in [2.05, 4.69) is 20.4 Å². The molecule has 8 nitrogen and oxygen atoms in total. The molecule has 26 heavy (non-hydrogen) atoms. The lowest BCUT2D eigenvalue weighted by Crippen LogP contribution is -2.14. The Kier molecular flexibility index (Phi) is 4.45. The molecule has 0 aliphatic heterocycles. The summed E-state index contributed by atoms with van der Waals surface area (Å²) in [4.78, 5) is 11.9. The van der Waals surface area contributed by atoms with Crippen LogP contribution in [0, 0.1) is 0 Å². The monoisotopic (exact) mass is 367 g/mol. The molecule has 3 rings (SSSR count). The maximum Gasteiger partial charge on any atom is 0.451 e. The summed E-state index contributed by atoms with van der Waals surface area (Å²) in [5.41, 5.74) is -1.38. The molecular weight excluding hydrogens is 355 g/mol. The lowest BCUT2D eigenvalue weighted by molar-refractivity contribution is -0.147. The number of halogens is 3. The highest BCUT2D eigenvalue weighted by Gasteiger charge is 2.38. The molecule has 0 atom stereocenters. The van der Waals surface area contributed by atoms with Crippen LogP contribution < -0.4 is 5.63 Å². The van der Waals surface area contributed by atoms with Crippen LogP contribution in [0.25, 0.3) is 11.0 Å². The van der Waals surface area contributed by atoms with Gasteiger partial charge in [0.1, 0.15) is 5.58 Å². The van der Waals surface area contributed by atoms with Crippen LogP contribution >= 0.6 is 0 Å². The number of nitrogens with zero attached hydrogens (tertiary/aromatic N) is 5. The fraction of sp³-hybridized carbons (Fsp3) is 0.267. The van der Waals surface area contributed by atoms with Crippen LogP contribution in [0.2, 0.25) is 0 Å². The van der Waals surface area contributed by atoms with Crippen LogP contribution in [0.15, 0.2) is 43.7 Å². The van der Waals surface area contributed by atoms with Crippen molar-refractivity contribution in [3.8, 4) is 5.75 Å². The first-order valence-electron chi connectivity index (χ1n) is 7.50. The summed E-state index contributed by atoms with van der Waals surface area (Å²) in [5.74, 6) is -2.15. The van der Waals surface area contributed by atoms with Gasteiger partial charge in [-0.3, -0.25) is 4.57 Å². The molecule has 1 N–H and O–H groups in total. The number of rotatable bonds is 4. The van der Waals surface area contributed by atoms with Gasteiger partial charge < -0.3 is 9.52 Å². The highest BCUT2D eigenvalue weighted by molar-refractivity contribution is 5.87. The number of alkyl halides is 3. The van der Waals surface area contributed by atoms with Crippen molar-refractivity contribution in [1.29, 1.82) is 0 Å². The maximum atomic E-state index is 13.0. The van der Waals surface area contributed by atoms with Crippen molar-refractivity contribution in [3.63, 3.8) is 0 Å². The zero-order chi connectivity index (χ0) is 18.9. The van der Waals surface area contributed by atoms with Crippen molar-refractivity contribution in [2.75, 3.05) is 0 Å². The molecular formula is C15H12F3N5O3. The Hall–Kier alpha value is -3.24. The predicted molar refractivity (Wildman–Crippen MR) is 83.6 cm³/mol. The summed E-state index contributed by atoms with van der Waals surface area (Å²) in [6, 6.07) is 6.19. The van der Waals surface area contributed by atoms with Crippen LogP contribution in [0.1, 0.15) is 19.2 Å². The van der Waals surface area contributed by atoms with Crippen molar-refractivity contribution in [1.82, 2.24) is 14.8 Å². The van der Waals surface area contributed by atoms with Gasteiger partial charge in [-0.1, -0.05) is 19.1 Å². The molecule has 136 valence electrons. The van der Waals surface area contributed by atoms with Gasteiger partial charge in [-0.25, -0.2) is 4.79 Å². The quantitative estimate of drug-likeness (QED) is 0.555. The first-order valence-corrected chi connectivity index (χ1v) is 7.50. The SMILES string of the molecule is CCCn1c(N=Nc2c(O)c3ccccc3oc2=O)nnc1C(F)(F)F. The third kappa shape index (κ3) is 3.15. The second-order valence-electron chi connectivity index (χ2n) is 5.26. The van der Waals surface area contributed by atoms with Gasteiger partial charge in [0.15, 0.2) is 5.75 Å². The van der Waals surface area contributed by atoms with E-state index in [9.17, 15) is 23.1 Å². The van der Waals surface area contributed by atoms with Gasteiger partial charge >= 0.3 is 11.8 Å². The minimum atomic E-state index is -4.71. The summed E-state index contributed by atoms with van der Waals surface area (Å²) >= 11 is 0. The Morgan fingerprint density at radius 2 is 1.96 bits per heavy atom. The topological polar surface area (TPSA) is 106 Å². The Balaban J connectivity index is 2.08. The first kappa shape index (κ1) is 17.6. The van der Waals surface area contributed by atoms with Gasteiger partial charge in [0.2, 0.25) is 11.5 Å². The molecule has 0 spiro atoms. The van der Waals surface area contributed by atoms with Gasteiger partial charge in [0.25, 0.3) is 5.95 Å². The predicted octanol–water partition coefficient (Wildman–Crippen LogP) is 3.93. The van der Waals surface area contributed by atoms with E-state index in [0.29, 0.717) is 6.42 Å². The summed E-state index contributed by atoms with van der Waals surface area (Å²) in [5, 5.41) is 23.9. The van der Waals surface area contributed by atoms with Crippen LogP contribution in [-0.2, 0) is 12.7 Å². The summed E-state index contributed by atoms with van der Waals surface area (Å²) in [6.07, 6.45) is -4.34. The number of aromatic nitrogens is 3. The number of hydrogen-bond donors (Lipinski definition) is 1. The smallest absolute Gasteiger partial charge is 0.451 e. The fourth-order valence-corrected chi connectivity index (χ4v) is 2.31. The van der Waals surface area contributed by atoms with E-state index in [1.165, 1.54) is 12.1 Å². The van der Waals surface area contributed by atoms with E-state index >= 15 is 0 Å². The number of fused-ring (bicyclic) bond motifs is 1. The molecule has 11 heteroatoms. The number of hydrogen-bond acceptors (Lipinski definition) is 7. The molecule has 3 aromatic rings. The summed E-state index contributed by atoms with van der Waals surface area (Å²) in [7, 11) is 0. The second-order valence-corrected chi connectivity index (χ2v) is 5.26. The Labute approximate surface area is 143 Å². The van der Waals surface area contributed by atoms with Crippen LogP contribution in [-0.4, -0.2) is 19.9 Å². The van der Waals surface area contributed by atoms with E-state index in [4.69, 9.17) is 4.42 Å². The molecule has 0 saturated heterocycles. The molecule has 0 saturated carbocycles. The number of azo groups is 1. The van der Waals surface area contributed by atoms with Crippen LogP contribution in [0.5, 0.6) is 5.75 Å². The van der Waals surface area contributed by atoms with E-state index in [-0.39, 0.29) is 17.5 Å². The average molecular weight is 367 g/mol. The van der Waals surface area contributed by atoms with E-state index in [0.717, 1.165) is 4.57 Å². The molecule has 0 bridgehead atoms.